The highest BCUT2D eigenvalue weighted by molar-refractivity contribution is 8.00. The van der Waals surface area contributed by atoms with Crippen molar-refractivity contribution in [3.8, 4) is 0 Å². The fourth-order valence-corrected chi connectivity index (χ4v) is 3.47. The van der Waals surface area contributed by atoms with Crippen molar-refractivity contribution in [3.05, 3.63) is 30.3 Å². The van der Waals surface area contributed by atoms with Gasteiger partial charge >= 0.3 is 0 Å². The van der Waals surface area contributed by atoms with Crippen molar-refractivity contribution in [2.75, 3.05) is 26.2 Å². The number of benzene rings is 1. The maximum Gasteiger partial charge on any atom is 0.236 e. The number of piperazine rings is 1. The molecule has 0 spiro atoms. The molecule has 2 rings (SSSR count). The Bertz CT molecular complexity index is 436. The third-order valence-electron chi connectivity index (χ3n) is 3.44. The largest absolute Gasteiger partial charge is 0.339 e. The summed E-state index contributed by atoms with van der Waals surface area (Å²) in [5, 5.41) is 3.26. The number of nitrogens with zero attached hydrogens (tertiary/aromatic N) is 1. The number of carbonyl (C=O) groups is 1. The Labute approximate surface area is 126 Å². The van der Waals surface area contributed by atoms with Gasteiger partial charge in [0.05, 0.1) is 5.25 Å². The monoisotopic (exact) mass is 292 g/mol. The predicted molar refractivity (Wildman–Crippen MR) is 85.0 cm³/mol. The molecule has 1 aliphatic heterocycles. The highest BCUT2D eigenvalue weighted by Gasteiger charge is 2.35. The van der Waals surface area contributed by atoms with E-state index in [0.29, 0.717) is 0 Å². The van der Waals surface area contributed by atoms with Gasteiger partial charge in [0.1, 0.15) is 0 Å². The minimum Gasteiger partial charge on any atom is -0.339 e. The molecule has 1 aliphatic rings. The van der Waals surface area contributed by atoms with Gasteiger partial charge in [-0.25, -0.2) is 0 Å². The first-order valence-electron chi connectivity index (χ1n) is 7.20. The molecule has 110 valence electrons. The number of hydrogen-bond donors (Lipinski definition) is 1. The lowest BCUT2D eigenvalue weighted by Crippen LogP contribution is -2.51. The van der Waals surface area contributed by atoms with Gasteiger partial charge in [-0.05, 0) is 17.5 Å². The van der Waals surface area contributed by atoms with Crippen molar-refractivity contribution >= 4 is 17.7 Å². The molecule has 1 saturated heterocycles. The summed E-state index contributed by atoms with van der Waals surface area (Å²) in [6.45, 7) is 9.88. The quantitative estimate of drug-likeness (QED) is 0.869. The minimum atomic E-state index is -0.0531. The van der Waals surface area contributed by atoms with E-state index in [0.717, 1.165) is 31.1 Å². The number of hydrogen-bond acceptors (Lipinski definition) is 3. The lowest BCUT2D eigenvalue weighted by molar-refractivity contribution is -0.132. The van der Waals surface area contributed by atoms with Gasteiger partial charge in [-0.1, -0.05) is 39.0 Å². The summed E-state index contributed by atoms with van der Waals surface area (Å²) >= 11 is 1.69. The van der Waals surface area contributed by atoms with Gasteiger partial charge in [-0.3, -0.25) is 4.79 Å². The molecule has 1 N–H and O–H groups in total. The number of carbonyl (C=O) groups excluding carboxylic acids is 1. The molecule has 0 saturated carbocycles. The molecule has 1 aromatic rings. The van der Waals surface area contributed by atoms with Crippen LogP contribution >= 0.6 is 11.8 Å². The Kier molecular flexibility index (Phi) is 5.11. The zero-order valence-corrected chi connectivity index (χ0v) is 13.4. The summed E-state index contributed by atoms with van der Waals surface area (Å²) in [6.07, 6.45) is 0. The van der Waals surface area contributed by atoms with Crippen LogP contribution < -0.4 is 5.32 Å². The molecule has 3 nitrogen and oxygen atoms in total. The van der Waals surface area contributed by atoms with E-state index in [1.165, 1.54) is 0 Å². The third-order valence-corrected chi connectivity index (χ3v) is 5.13. The molecule has 4 heteroatoms. The normalized spacial score (nSPS) is 17.9. The Morgan fingerprint density at radius 3 is 2.35 bits per heavy atom. The first kappa shape index (κ1) is 15.4. The van der Waals surface area contributed by atoms with Crippen LogP contribution in [0.5, 0.6) is 0 Å². The zero-order valence-electron chi connectivity index (χ0n) is 12.6. The molecule has 0 bridgehead atoms. The van der Waals surface area contributed by atoms with E-state index < -0.39 is 0 Å². The number of thioether (sulfide) groups is 1. The van der Waals surface area contributed by atoms with Gasteiger partial charge < -0.3 is 10.2 Å². The molecule has 1 unspecified atom stereocenters. The van der Waals surface area contributed by atoms with Crippen molar-refractivity contribution < 1.29 is 4.79 Å². The second-order valence-corrected chi connectivity index (χ2v) is 7.43. The van der Waals surface area contributed by atoms with Gasteiger partial charge in [0, 0.05) is 31.1 Å². The van der Waals surface area contributed by atoms with Crippen LogP contribution in [0.1, 0.15) is 20.8 Å². The second-order valence-electron chi connectivity index (χ2n) is 6.25. The number of amides is 1. The smallest absolute Gasteiger partial charge is 0.236 e. The maximum atomic E-state index is 12.8. The molecular weight excluding hydrogens is 268 g/mol. The standard InChI is InChI=1S/C16H24N2OS/c1-16(2,3)14(20-13-7-5-4-6-8-13)15(19)18-11-9-17-10-12-18/h4-8,14,17H,9-12H2,1-3H3. The Morgan fingerprint density at radius 2 is 1.80 bits per heavy atom. The molecule has 0 radical (unpaired) electrons. The van der Waals surface area contributed by atoms with Gasteiger partial charge in [0.25, 0.3) is 0 Å². The van der Waals surface area contributed by atoms with E-state index in [2.05, 4.69) is 38.2 Å². The number of rotatable bonds is 3. The summed E-state index contributed by atoms with van der Waals surface area (Å²) in [5.74, 6) is 0.271. The Balaban J connectivity index is 2.13. The van der Waals surface area contributed by atoms with E-state index in [1.807, 2.05) is 23.1 Å². The molecule has 20 heavy (non-hydrogen) atoms. The molecular formula is C16H24N2OS. The van der Waals surface area contributed by atoms with E-state index in [4.69, 9.17) is 0 Å². The summed E-state index contributed by atoms with van der Waals surface area (Å²) in [7, 11) is 0. The van der Waals surface area contributed by atoms with E-state index in [1.54, 1.807) is 11.8 Å². The van der Waals surface area contributed by atoms with Crippen molar-refractivity contribution in [2.45, 2.75) is 30.9 Å². The van der Waals surface area contributed by atoms with Crippen LogP contribution in [0, 0.1) is 5.41 Å². The van der Waals surface area contributed by atoms with Crippen molar-refractivity contribution in [1.82, 2.24) is 10.2 Å². The second kappa shape index (κ2) is 6.64. The van der Waals surface area contributed by atoms with Crippen LogP contribution in [0.2, 0.25) is 0 Å². The summed E-state index contributed by atoms with van der Waals surface area (Å²) in [4.78, 5) is 16.0. The fourth-order valence-electron chi connectivity index (χ4n) is 2.28. The molecule has 1 atom stereocenters. The molecule has 1 amide bonds. The van der Waals surface area contributed by atoms with Crippen LogP contribution in [-0.2, 0) is 4.79 Å². The van der Waals surface area contributed by atoms with Gasteiger partial charge in [0.15, 0.2) is 0 Å². The van der Waals surface area contributed by atoms with Crippen molar-refractivity contribution in [2.24, 2.45) is 5.41 Å². The summed E-state index contributed by atoms with van der Waals surface area (Å²) in [5.41, 5.74) is -0.0531. The van der Waals surface area contributed by atoms with Crippen molar-refractivity contribution in [3.63, 3.8) is 0 Å². The topological polar surface area (TPSA) is 32.3 Å². The minimum absolute atomic E-state index is 0.0389. The molecule has 1 aromatic carbocycles. The van der Waals surface area contributed by atoms with Gasteiger partial charge in [-0.2, -0.15) is 0 Å². The van der Waals surface area contributed by atoms with E-state index in [9.17, 15) is 4.79 Å². The van der Waals surface area contributed by atoms with Crippen LogP contribution in [0.15, 0.2) is 35.2 Å². The SMILES string of the molecule is CC(C)(C)C(Sc1ccccc1)C(=O)N1CCNCC1. The van der Waals surface area contributed by atoms with E-state index in [-0.39, 0.29) is 16.6 Å². The molecule has 1 heterocycles. The fraction of sp³-hybridized carbons (Fsp3) is 0.562. The first-order valence-corrected chi connectivity index (χ1v) is 8.07. The van der Waals surface area contributed by atoms with Gasteiger partial charge in [0.2, 0.25) is 5.91 Å². The average molecular weight is 292 g/mol. The van der Waals surface area contributed by atoms with Crippen molar-refractivity contribution in [1.29, 1.82) is 0 Å². The predicted octanol–water partition coefficient (Wildman–Crippen LogP) is 2.63. The molecule has 0 aliphatic carbocycles. The average Bonchev–Trinajstić information content (AvgIpc) is 2.45. The van der Waals surface area contributed by atoms with Crippen LogP contribution in [0.25, 0.3) is 0 Å². The lowest BCUT2D eigenvalue weighted by Gasteiger charge is -2.36. The Hall–Kier alpha value is -1.00. The van der Waals surface area contributed by atoms with Gasteiger partial charge in [-0.15, -0.1) is 11.8 Å². The van der Waals surface area contributed by atoms with Crippen LogP contribution in [-0.4, -0.2) is 42.2 Å². The highest BCUT2D eigenvalue weighted by atomic mass is 32.2. The van der Waals surface area contributed by atoms with Crippen LogP contribution in [0.4, 0.5) is 0 Å². The first-order chi connectivity index (χ1) is 9.48. The highest BCUT2D eigenvalue weighted by Crippen LogP contribution is 2.36. The Morgan fingerprint density at radius 1 is 1.20 bits per heavy atom. The maximum absolute atomic E-state index is 12.8. The van der Waals surface area contributed by atoms with E-state index >= 15 is 0 Å². The number of nitrogens with one attached hydrogen (secondary N) is 1. The summed E-state index contributed by atoms with van der Waals surface area (Å²) in [6, 6.07) is 10.2. The van der Waals surface area contributed by atoms with Crippen LogP contribution in [0.3, 0.4) is 0 Å². The zero-order chi connectivity index (χ0) is 14.6. The summed E-state index contributed by atoms with van der Waals surface area (Å²) < 4.78 is 0. The third kappa shape index (κ3) is 4.00. The molecule has 0 aromatic heterocycles. The molecule has 1 fully saturated rings. The lowest BCUT2D eigenvalue weighted by atomic mass is 9.90.